The summed E-state index contributed by atoms with van der Waals surface area (Å²) < 4.78 is 1.74. The Morgan fingerprint density at radius 1 is 1.52 bits per heavy atom. The second kappa shape index (κ2) is 6.35. The smallest absolute Gasteiger partial charge is 0.229 e. The first-order valence-corrected chi connectivity index (χ1v) is 6.93. The average Bonchev–Trinajstić information content (AvgIpc) is 2.86. The molecule has 0 saturated carbocycles. The molecule has 2 aromatic heterocycles. The van der Waals surface area contributed by atoms with Crippen molar-refractivity contribution in [3.8, 4) is 5.69 Å². The molecule has 0 radical (unpaired) electrons. The largest absolute Gasteiger partial charge is 0.305 e. The molecule has 2 rings (SSSR count). The number of hydrogen-bond donors (Lipinski definition) is 0. The second-order valence-corrected chi connectivity index (χ2v) is 5.15. The molecule has 0 aliphatic carbocycles. The Bertz CT molecular complexity index is 631. The fourth-order valence-electron chi connectivity index (χ4n) is 2.09. The number of amides is 1. The Kier molecular flexibility index (Phi) is 4.52. The summed E-state index contributed by atoms with van der Waals surface area (Å²) in [6.07, 6.45) is 7.03. The predicted molar refractivity (Wildman–Crippen MR) is 83.5 cm³/mol. The number of rotatable bonds is 5. The van der Waals surface area contributed by atoms with Crippen LogP contribution < -0.4 is 4.90 Å². The minimum atomic E-state index is -0.0777. The van der Waals surface area contributed by atoms with Crippen molar-refractivity contribution in [2.75, 3.05) is 11.4 Å². The van der Waals surface area contributed by atoms with Gasteiger partial charge in [0.2, 0.25) is 5.91 Å². The van der Waals surface area contributed by atoms with E-state index in [1.807, 2.05) is 39.1 Å². The Morgan fingerprint density at radius 3 is 2.86 bits per heavy atom. The summed E-state index contributed by atoms with van der Waals surface area (Å²) in [5.41, 5.74) is 2.47. The van der Waals surface area contributed by atoms with Crippen molar-refractivity contribution in [3.63, 3.8) is 0 Å². The van der Waals surface area contributed by atoms with Crippen LogP contribution in [0.25, 0.3) is 5.69 Å². The molecule has 1 amide bonds. The molecule has 21 heavy (non-hydrogen) atoms. The van der Waals surface area contributed by atoms with Crippen LogP contribution in [-0.4, -0.2) is 27.2 Å². The average molecular weight is 284 g/mol. The van der Waals surface area contributed by atoms with E-state index in [9.17, 15) is 4.79 Å². The van der Waals surface area contributed by atoms with Gasteiger partial charge in [-0.1, -0.05) is 19.9 Å². The Balaban J connectivity index is 2.40. The second-order valence-electron chi connectivity index (χ2n) is 5.15. The Morgan fingerprint density at radius 2 is 2.29 bits per heavy atom. The zero-order valence-electron chi connectivity index (χ0n) is 12.7. The molecule has 0 saturated heterocycles. The zero-order valence-corrected chi connectivity index (χ0v) is 12.7. The number of nitrogens with zero attached hydrogens (tertiary/aromatic N) is 4. The van der Waals surface area contributed by atoms with Gasteiger partial charge in [0.1, 0.15) is 0 Å². The standard InChI is InChI=1S/C16H20N4O/c1-5-9-19(16(21)12(2)3)15-11-20(18-13(15)4)14-7-6-8-17-10-14/h5-8,10-12H,1,9H2,2-4H3. The highest BCUT2D eigenvalue weighted by Gasteiger charge is 2.21. The van der Waals surface area contributed by atoms with Crippen molar-refractivity contribution < 1.29 is 4.79 Å². The maximum Gasteiger partial charge on any atom is 0.229 e. The first-order chi connectivity index (χ1) is 10.0. The van der Waals surface area contributed by atoms with Gasteiger partial charge in [-0.2, -0.15) is 5.10 Å². The minimum Gasteiger partial charge on any atom is -0.305 e. The highest BCUT2D eigenvalue weighted by atomic mass is 16.2. The van der Waals surface area contributed by atoms with Crippen LogP contribution in [0.1, 0.15) is 19.5 Å². The SMILES string of the molecule is C=CCN(C(=O)C(C)C)c1cn(-c2cccnc2)nc1C. The third kappa shape index (κ3) is 3.18. The molecule has 2 heterocycles. The molecule has 2 aromatic rings. The summed E-state index contributed by atoms with van der Waals surface area (Å²) >= 11 is 0. The first kappa shape index (κ1) is 15.0. The van der Waals surface area contributed by atoms with Crippen LogP contribution in [0.3, 0.4) is 0 Å². The van der Waals surface area contributed by atoms with E-state index in [1.165, 1.54) is 0 Å². The van der Waals surface area contributed by atoms with Gasteiger partial charge in [0.25, 0.3) is 0 Å². The third-order valence-electron chi connectivity index (χ3n) is 3.15. The van der Waals surface area contributed by atoms with Crippen LogP contribution in [0.5, 0.6) is 0 Å². The van der Waals surface area contributed by atoms with Gasteiger partial charge in [0.05, 0.1) is 29.5 Å². The highest BCUT2D eigenvalue weighted by molar-refractivity contribution is 5.95. The van der Waals surface area contributed by atoms with E-state index in [1.54, 1.807) is 28.1 Å². The van der Waals surface area contributed by atoms with Gasteiger partial charge in [0, 0.05) is 18.7 Å². The van der Waals surface area contributed by atoms with Crippen molar-refractivity contribution in [1.29, 1.82) is 0 Å². The van der Waals surface area contributed by atoms with Gasteiger partial charge < -0.3 is 4.90 Å². The molecule has 0 aliphatic rings. The maximum atomic E-state index is 12.4. The van der Waals surface area contributed by atoms with Crippen LogP contribution in [0.15, 0.2) is 43.4 Å². The van der Waals surface area contributed by atoms with Crippen molar-refractivity contribution in [3.05, 3.63) is 49.1 Å². The summed E-state index contributed by atoms with van der Waals surface area (Å²) in [4.78, 5) is 18.2. The molecular formula is C16H20N4O. The quantitative estimate of drug-likeness (QED) is 0.793. The maximum absolute atomic E-state index is 12.4. The van der Waals surface area contributed by atoms with E-state index in [4.69, 9.17) is 0 Å². The van der Waals surface area contributed by atoms with Gasteiger partial charge in [-0.05, 0) is 19.1 Å². The summed E-state index contributed by atoms with van der Waals surface area (Å²) in [5, 5.41) is 4.47. The van der Waals surface area contributed by atoms with Crippen LogP contribution >= 0.6 is 0 Å². The molecule has 0 spiro atoms. The summed E-state index contributed by atoms with van der Waals surface area (Å²) in [6.45, 7) is 9.87. The number of aromatic nitrogens is 3. The summed E-state index contributed by atoms with van der Waals surface area (Å²) in [5.74, 6) is -0.0187. The van der Waals surface area contributed by atoms with E-state index >= 15 is 0 Å². The number of carbonyl (C=O) groups is 1. The van der Waals surface area contributed by atoms with Crippen molar-refractivity contribution in [2.24, 2.45) is 5.92 Å². The molecule has 5 nitrogen and oxygen atoms in total. The molecule has 5 heteroatoms. The molecule has 0 fully saturated rings. The molecule has 110 valence electrons. The van der Waals surface area contributed by atoms with Gasteiger partial charge in [-0.3, -0.25) is 9.78 Å². The predicted octanol–water partition coefficient (Wildman–Crippen LogP) is 2.75. The topological polar surface area (TPSA) is 51.0 Å². The van der Waals surface area contributed by atoms with Crippen LogP contribution in [0, 0.1) is 12.8 Å². The number of anilines is 1. The van der Waals surface area contributed by atoms with Crippen molar-refractivity contribution in [2.45, 2.75) is 20.8 Å². The monoisotopic (exact) mass is 284 g/mol. The number of hydrogen-bond acceptors (Lipinski definition) is 3. The lowest BCUT2D eigenvalue weighted by Gasteiger charge is -2.22. The van der Waals surface area contributed by atoms with E-state index in [0.717, 1.165) is 17.1 Å². The third-order valence-corrected chi connectivity index (χ3v) is 3.15. The molecule has 0 atom stereocenters. The normalized spacial score (nSPS) is 10.7. The van der Waals surface area contributed by atoms with Gasteiger partial charge >= 0.3 is 0 Å². The first-order valence-electron chi connectivity index (χ1n) is 6.93. The molecule has 0 aromatic carbocycles. The minimum absolute atomic E-state index is 0.0590. The molecule has 0 bridgehead atoms. The Labute approximate surface area is 124 Å². The lowest BCUT2D eigenvalue weighted by Crippen LogP contribution is -2.34. The molecule has 0 aliphatic heterocycles. The fraction of sp³-hybridized carbons (Fsp3) is 0.312. The summed E-state index contributed by atoms with van der Waals surface area (Å²) in [6, 6.07) is 3.78. The van der Waals surface area contributed by atoms with Crippen molar-refractivity contribution >= 4 is 11.6 Å². The Hall–Kier alpha value is -2.43. The van der Waals surface area contributed by atoms with E-state index < -0.39 is 0 Å². The zero-order chi connectivity index (χ0) is 15.4. The molecule has 0 unspecified atom stereocenters. The molecule has 0 N–H and O–H groups in total. The van der Waals surface area contributed by atoms with Gasteiger partial charge in [-0.25, -0.2) is 4.68 Å². The fourth-order valence-corrected chi connectivity index (χ4v) is 2.09. The number of pyridine rings is 1. The van der Waals surface area contributed by atoms with Gasteiger partial charge in [0.15, 0.2) is 0 Å². The van der Waals surface area contributed by atoms with Crippen LogP contribution in [0.2, 0.25) is 0 Å². The van der Waals surface area contributed by atoms with Crippen LogP contribution in [0.4, 0.5) is 5.69 Å². The lowest BCUT2D eigenvalue weighted by atomic mass is 10.1. The number of carbonyl (C=O) groups excluding carboxylic acids is 1. The van der Waals surface area contributed by atoms with E-state index in [2.05, 4.69) is 16.7 Å². The highest BCUT2D eigenvalue weighted by Crippen LogP contribution is 2.22. The van der Waals surface area contributed by atoms with Crippen LogP contribution in [-0.2, 0) is 4.79 Å². The van der Waals surface area contributed by atoms with Crippen molar-refractivity contribution in [1.82, 2.24) is 14.8 Å². The number of aryl methyl sites for hydroxylation is 1. The van der Waals surface area contributed by atoms with E-state index in [-0.39, 0.29) is 11.8 Å². The van der Waals surface area contributed by atoms with E-state index in [0.29, 0.717) is 6.54 Å². The van der Waals surface area contributed by atoms with Gasteiger partial charge in [-0.15, -0.1) is 6.58 Å². The molecular weight excluding hydrogens is 264 g/mol. The summed E-state index contributed by atoms with van der Waals surface area (Å²) in [7, 11) is 0. The lowest BCUT2D eigenvalue weighted by molar-refractivity contribution is -0.121.